The molecule has 3 rings (SSSR count). The number of rotatable bonds is 69. The van der Waals surface area contributed by atoms with E-state index in [2.05, 4.69) is 41.0 Å². The minimum atomic E-state index is -0.264. The van der Waals surface area contributed by atoms with E-state index in [0.717, 1.165) is 12.8 Å². The van der Waals surface area contributed by atoms with Crippen LogP contribution >= 0.6 is 0 Å². The van der Waals surface area contributed by atoms with E-state index in [9.17, 15) is 14.4 Å². The van der Waals surface area contributed by atoms with Crippen molar-refractivity contribution >= 4 is 29.1 Å². The van der Waals surface area contributed by atoms with Gasteiger partial charge in [0.1, 0.15) is 11.4 Å². The predicted octanol–water partition coefficient (Wildman–Crippen LogP) is 1.42. The van der Waals surface area contributed by atoms with Crippen molar-refractivity contribution in [1.29, 1.82) is 0 Å². The number of nitrogens with zero attached hydrogens (tertiary/aromatic N) is 7. The van der Waals surface area contributed by atoms with Crippen LogP contribution in [0.5, 0.6) is 0 Å². The van der Waals surface area contributed by atoms with Gasteiger partial charge in [-0.3, -0.25) is 24.4 Å². The van der Waals surface area contributed by atoms with Crippen molar-refractivity contribution < 1.29 is 110 Å². The molecular formula is C62H105N9O23. The maximum Gasteiger partial charge on any atom is 0.227 e. The lowest BCUT2D eigenvalue weighted by molar-refractivity contribution is -0.122. The van der Waals surface area contributed by atoms with E-state index < -0.39 is 0 Å². The van der Waals surface area contributed by atoms with Crippen LogP contribution in [0.4, 0.5) is 11.4 Å². The van der Waals surface area contributed by atoms with Gasteiger partial charge in [-0.2, -0.15) is 0 Å². The number of hydrogen-bond donors (Lipinski definition) is 4. The number of hydrogen-bond acceptors (Lipinski definition) is 29. The third-order valence-electron chi connectivity index (χ3n) is 12.3. The molecule has 32 nitrogen and oxygen atoms in total. The van der Waals surface area contributed by atoms with Crippen LogP contribution in [0.3, 0.4) is 0 Å². The summed E-state index contributed by atoms with van der Waals surface area (Å²) in [7, 11) is 0. The molecule has 0 atom stereocenters. The summed E-state index contributed by atoms with van der Waals surface area (Å²) < 4.78 is 98.3. The Morgan fingerprint density at radius 1 is 0.372 bits per heavy atom. The average Bonchev–Trinajstić information content (AvgIpc) is 1.04. The van der Waals surface area contributed by atoms with Crippen LogP contribution in [-0.2, 0) is 99.6 Å². The molecule has 0 spiro atoms. The van der Waals surface area contributed by atoms with E-state index >= 15 is 0 Å². The molecular weight excluding hydrogens is 1240 g/mol. The lowest BCUT2D eigenvalue weighted by Gasteiger charge is -2.22. The summed E-state index contributed by atoms with van der Waals surface area (Å²) in [4.78, 5) is 48.7. The minimum absolute atomic E-state index is 0.00494. The third kappa shape index (κ3) is 47.7. The topological polar surface area (TPSA) is 362 Å². The van der Waals surface area contributed by atoms with E-state index in [-0.39, 0.29) is 55.4 Å². The monoisotopic (exact) mass is 1340 g/mol. The second-order valence-electron chi connectivity index (χ2n) is 19.8. The van der Waals surface area contributed by atoms with Gasteiger partial charge in [-0.15, -0.1) is 20.4 Å². The maximum atomic E-state index is 13.3. The summed E-state index contributed by atoms with van der Waals surface area (Å²) in [5.41, 5.74) is 1.85. The molecule has 0 aliphatic rings. The fraction of sp³-hybridized carbons (Fsp3) is 0.758. The first kappa shape index (κ1) is 83.1. The van der Waals surface area contributed by atoms with Crippen molar-refractivity contribution in [3.05, 3.63) is 36.7 Å². The molecule has 0 aromatic carbocycles. The number of unbranched alkanes of at least 4 members (excludes halogenated alkanes) is 1. The van der Waals surface area contributed by atoms with Gasteiger partial charge in [-0.1, -0.05) is 13.3 Å². The van der Waals surface area contributed by atoms with E-state index in [4.69, 9.17) is 95.5 Å². The molecule has 3 aromatic rings. The van der Waals surface area contributed by atoms with Crippen molar-refractivity contribution in [2.75, 3.05) is 274 Å². The first-order valence-electron chi connectivity index (χ1n) is 32.4. The highest BCUT2D eigenvalue weighted by atomic mass is 16.6. The Balaban J connectivity index is 1.13. The average molecular weight is 1340 g/mol. The second kappa shape index (κ2) is 62.6. The molecule has 0 saturated carbocycles. The molecule has 3 aromatic heterocycles. The molecule has 0 saturated heterocycles. The molecule has 0 aliphatic carbocycles. The van der Waals surface area contributed by atoms with E-state index in [1.807, 2.05) is 6.92 Å². The number of nitrogens with one attached hydrogen (secondary N) is 2. The zero-order valence-electron chi connectivity index (χ0n) is 55.1. The Kier molecular flexibility index (Phi) is 55.4. The highest BCUT2D eigenvalue weighted by Gasteiger charge is 2.18. The Labute approximate surface area is 552 Å². The van der Waals surface area contributed by atoms with Crippen LogP contribution < -0.4 is 15.5 Å². The van der Waals surface area contributed by atoms with Crippen LogP contribution in [-0.4, -0.2) is 322 Å². The molecule has 0 unspecified atom stereocenters. The lowest BCUT2D eigenvalue weighted by Crippen LogP contribution is -2.34. The second-order valence-corrected chi connectivity index (χ2v) is 19.8. The number of carbonyl (C=O) groups excluding carboxylic acids is 3. The molecule has 536 valence electrons. The van der Waals surface area contributed by atoms with Crippen molar-refractivity contribution in [3.63, 3.8) is 0 Å². The highest BCUT2D eigenvalue weighted by Crippen LogP contribution is 2.20. The molecule has 3 amide bonds. The molecule has 32 heteroatoms. The van der Waals surface area contributed by atoms with E-state index in [0.29, 0.717) is 287 Å². The van der Waals surface area contributed by atoms with Gasteiger partial charge in [0.2, 0.25) is 29.4 Å². The fourth-order valence-corrected chi connectivity index (χ4v) is 7.56. The number of aliphatic hydroxyl groups excluding tert-OH is 2. The number of aromatic nitrogens is 6. The van der Waals surface area contributed by atoms with E-state index in [1.54, 1.807) is 35.4 Å². The van der Waals surface area contributed by atoms with Gasteiger partial charge in [0.25, 0.3) is 0 Å². The molecule has 3 heterocycles. The maximum absolute atomic E-state index is 13.3. The van der Waals surface area contributed by atoms with E-state index in [1.165, 1.54) is 6.20 Å². The van der Waals surface area contributed by atoms with Crippen LogP contribution in [0.25, 0.3) is 23.0 Å². The molecule has 0 radical (unpaired) electrons. The van der Waals surface area contributed by atoms with Crippen molar-refractivity contribution in [2.24, 2.45) is 0 Å². The number of carbonyl (C=O) groups is 3. The Bertz CT molecular complexity index is 2210. The Morgan fingerprint density at radius 2 is 0.691 bits per heavy atom. The number of amides is 3. The Morgan fingerprint density at radius 3 is 1.01 bits per heavy atom. The van der Waals surface area contributed by atoms with Crippen LogP contribution in [0.15, 0.2) is 36.7 Å². The highest BCUT2D eigenvalue weighted by molar-refractivity contribution is 5.93. The van der Waals surface area contributed by atoms with Gasteiger partial charge < -0.3 is 111 Å². The van der Waals surface area contributed by atoms with Crippen molar-refractivity contribution in [2.45, 2.75) is 45.4 Å². The summed E-state index contributed by atoms with van der Waals surface area (Å²) in [6.45, 7) is 18.1. The lowest BCUT2D eigenvalue weighted by atomic mass is 10.2. The number of anilines is 2. The summed E-state index contributed by atoms with van der Waals surface area (Å²) in [5, 5.41) is 39.7. The van der Waals surface area contributed by atoms with Gasteiger partial charge in [-0.05, 0) is 37.1 Å². The SMILES string of the molecule is CCCCC(=O)N(CCOCCOCCOCCOCCOCCOCCOCCOCCOCCO)c1ccc(-c2nnc(-c3ccc(NC(=O)CCCC(=O)NCCOCCOCCOCCOCCOCCOCCOCCOCCOCCO)cn3)nn2)nc1. The van der Waals surface area contributed by atoms with Gasteiger partial charge in [0.15, 0.2) is 0 Å². The van der Waals surface area contributed by atoms with Gasteiger partial charge in [0.05, 0.1) is 275 Å². The van der Waals surface area contributed by atoms with Crippen LogP contribution in [0, 0.1) is 0 Å². The normalized spacial score (nSPS) is 11.4. The number of ether oxygens (including phenoxy) is 18. The van der Waals surface area contributed by atoms with Gasteiger partial charge in [-0.25, -0.2) is 0 Å². The molecule has 0 bridgehead atoms. The minimum Gasteiger partial charge on any atom is -0.394 e. The summed E-state index contributed by atoms with van der Waals surface area (Å²) in [5.74, 6) is -0.141. The molecule has 0 fully saturated rings. The Hall–Kier alpha value is -5.15. The van der Waals surface area contributed by atoms with Crippen molar-refractivity contribution in [3.8, 4) is 23.0 Å². The third-order valence-corrected chi connectivity index (χ3v) is 12.3. The quantitative estimate of drug-likeness (QED) is 0.0581. The molecule has 94 heavy (non-hydrogen) atoms. The summed E-state index contributed by atoms with van der Waals surface area (Å²) in [6.07, 6.45) is 5.73. The number of pyridine rings is 2. The van der Waals surface area contributed by atoms with Crippen LogP contribution in [0.1, 0.15) is 45.4 Å². The predicted molar refractivity (Wildman–Crippen MR) is 340 cm³/mol. The standard InChI is InChI=1S/C62H105N9O23/c1-2-3-7-60(76)71(13-17-78-21-25-82-29-33-86-37-41-90-45-49-94-51-47-92-43-39-88-35-31-84-27-23-80-19-15-73)55-9-11-57(65-53-55)62-69-67-61(68-70-62)56-10-8-54(52-64-56)66-59(75)6-4-5-58(74)63-12-16-77-20-24-81-28-32-85-36-40-89-44-48-93-50-46-91-42-38-87-34-30-83-26-22-79-18-14-72/h8-11,52-53,72-73H,2-7,12-51H2,1H3,(H,63,74)(H,66,75). The fourth-order valence-electron chi connectivity index (χ4n) is 7.56. The molecule has 0 aliphatic heterocycles. The first-order valence-corrected chi connectivity index (χ1v) is 32.4. The van der Waals surface area contributed by atoms with Crippen molar-refractivity contribution in [1.82, 2.24) is 35.7 Å². The van der Waals surface area contributed by atoms with Crippen LogP contribution in [0.2, 0.25) is 0 Å². The number of aliphatic hydroxyl groups is 2. The zero-order valence-corrected chi connectivity index (χ0v) is 55.1. The molecule has 4 N–H and O–H groups in total. The largest absolute Gasteiger partial charge is 0.394 e. The summed E-state index contributed by atoms with van der Waals surface area (Å²) >= 11 is 0. The van der Waals surface area contributed by atoms with Gasteiger partial charge >= 0.3 is 0 Å². The zero-order chi connectivity index (χ0) is 66.9. The van der Waals surface area contributed by atoms with Gasteiger partial charge in [0, 0.05) is 32.4 Å². The first-order chi connectivity index (χ1) is 46.4. The smallest absolute Gasteiger partial charge is 0.227 e. The summed E-state index contributed by atoms with van der Waals surface area (Å²) in [6, 6.07) is 6.76.